The van der Waals surface area contributed by atoms with Gasteiger partial charge in [-0.1, -0.05) is 18.2 Å². The molecule has 1 aliphatic heterocycles. The average molecular weight is 305 g/mol. The van der Waals surface area contributed by atoms with E-state index in [1.54, 1.807) is 29.4 Å². The number of carbonyl (C=O) groups is 2. The van der Waals surface area contributed by atoms with Gasteiger partial charge < -0.3 is 10.0 Å². The van der Waals surface area contributed by atoms with Gasteiger partial charge in [0.25, 0.3) is 5.91 Å². The molecule has 0 spiro atoms. The van der Waals surface area contributed by atoms with Crippen molar-refractivity contribution in [1.82, 2.24) is 9.88 Å². The van der Waals surface area contributed by atoms with Gasteiger partial charge in [0.15, 0.2) is 0 Å². The number of carboxylic acid groups (broad SMARTS) is 1. The Labute approximate surface area is 127 Å². The molecule has 5 nitrogen and oxygen atoms in total. The van der Waals surface area contributed by atoms with Crippen LogP contribution in [-0.4, -0.2) is 26.9 Å². The predicted octanol–water partition coefficient (Wildman–Crippen LogP) is 2.36. The van der Waals surface area contributed by atoms with Gasteiger partial charge in [-0.2, -0.15) is 0 Å². The van der Waals surface area contributed by atoms with Crippen LogP contribution < -0.4 is 0 Å². The molecular formula is C15H13ClN2O3. The maximum atomic E-state index is 12.4. The van der Waals surface area contributed by atoms with Crippen molar-refractivity contribution in [2.24, 2.45) is 0 Å². The van der Waals surface area contributed by atoms with E-state index in [4.69, 9.17) is 5.11 Å². The van der Waals surface area contributed by atoms with Crippen LogP contribution in [0.4, 0.5) is 0 Å². The van der Waals surface area contributed by atoms with Gasteiger partial charge in [-0.3, -0.25) is 9.78 Å². The van der Waals surface area contributed by atoms with Gasteiger partial charge in [-0.15, -0.1) is 12.4 Å². The van der Waals surface area contributed by atoms with Crippen molar-refractivity contribution >= 4 is 24.3 Å². The maximum absolute atomic E-state index is 12.4. The lowest BCUT2D eigenvalue weighted by atomic mass is 10.0. The van der Waals surface area contributed by atoms with Crippen molar-refractivity contribution < 1.29 is 14.7 Å². The third kappa shape index (κ3) is 2.73. The van der Waals surface area contributed by atoms with Gasteiger partial charge in [0.05, 0.1) is 11.1 Å². The van der Waals surface area contributed by atoms with E-state index < -0.39 is 5.97 Å². The Bertz CT molecular complexity index is 689. The SMILES string of the molecule is Cl.O=C(O)c1cccc2c1C(=O)N(Cc1cccnc1)C2. The fourth-order valence-corrected chi connectivity index (χ4v) is 2.44. The van der Waals surface area contributed by atoms with E-state index in [0.29, 0.717) is 18.7 Å². The molecule has 1 aromatic carbocycles. The molecule has 0 atom stereocenters. The average Bonchev–Trinajstić information content (AvgIpc) is 2.77. The van der Waals surface area contributed by atoms with Gasteiger partial charge in [0.2, 0.25) is 0 Å². The number of nitrogens with zero attached hydrogens (tertiary/aromatic N) is 2. The molecule has 0 saturated carbocycles. The third-order valence-electron chi connectivity index (χ3n) is 3.34. The van der Waals surface area contributed by atoms with Crippen molar-refractivity contribution in [2.45, 2.75) is 13.1 Å². The first-order chi connectivity index (χ1) is 9.66. The molecule has 0 fully saturated rings. The topological polar surface area (TPSA) is 70.5 Å². The van der Waals surface area contributed by atoms with E-state index in [-0.39, 0.29) is 23.9 Å². The number of aromatic nitrogens is 1. The van der Waals surface area contributed by atoms with Crippen molar-refractivity contribution in [1.29, 1.82) is 0 Å². The summed E-state index contributed by atoms with van der Waals surface area (Å²) in [7, 11) is 0. The second-order valence-corrected chi connectivity index (χ2v) is 4.67. The molecule has 108 valence electrons. The van der Waals surface area contributed by atoms with E-state index in [1.807, 2.05) is 12.1 Å². The van der Waals surface area contributed by atoms with Gasteiger partial charge in [0, 0.05) is 25.5 Å². The van der Waals surface area contributed by atoms with Crippen LogP contribution in [0.15, 0.2) is 42.7 Å². The molecule has 1 N–H and O–H groups in total. The summed E-state index contributed by atoms with van der Waals surface area (Å²) in [5.74, 6) is -1.31. The molecule has 0 bridgehead atoms. The standard InChI is InChI=1S/C15H12N2O3.ClH/c18-14-13-11(4-1-5-12(13)15(19)20)9-17(14)8-10-3-2-6-16-7-10;/h1-7H,8-9H2,(H,19,20);1H. The van der Waals surface area contributed by atoms with Crippen molar-refractivity contribution in [3.8, 4) is 0 Å². The summed E-state index contributed by atoms with van der Waals surface area (Å²) in [4.78, 5) is 29.2. The number of fused-ring (bicyclic) bond motifs is 1. The van der Waals surface area contributed by atoms with Crippen molar-refractivity contribution in [3.05, 3.63) is 65.0 Å². The first-order valence-electron chi connectivity index (χ1n) is 6.20. The van der Waals surface area contributed by atoms with E-state index in [9.17, 15) is 9.59 Å². The monoisotopic (exact) mass is 304 g/mol. The zero-order chi connectivity index (χ0) is 14.1. The van der Waals surface area contributed by atoms with E-state index >= 15 is 0 Å². The minimum atomic E-state index is -1.07. The van der Waals surface area contributed by atoms with E-state index in [0.717, 1.165) is 11.1 Å². The summed E-state index contributed by atoms with van der Waals surface area (Å²) in [5.41, 5.74) is 2.06. The number of pyridine rings is 1. The second kappa shape index (κ2) is 5.93. The fraction of sp³-hybridized carbons (Fsp3) is 0.133. The number of carbonyl (C=O) groups excluding carboxylic acids is 1. The normalized spacial score (nSPS) is 12.8. The van der Waals surface area contributed by atoms with Crippen LogP contribution in [0.25, 0.3) is 0 Å². The zero-order valence-corrected chi connectivity index (χ0v) is 11.8. The van der Waals surface area contributed by atoms with Crippen LogP contribution in [0.2, 0.25) is 0 Å². The van der Waals surface area contributed by atoms with Crippen LogP contribution in [0.3, 0.4) is 0 Å². The van der Waals surface area contributed by atoms with Crippen LogP contribution in [0, 0.1) is 0 Å². The molecule has 0 aliphatic carbocycles. The molecule has 3 rings (SSSR count). The molecule has 1 amide bonds. The van der Waals surface area contributed by atoms with Crippen LogP contribution in [0.1, 0.15) is 31.8 Å². The highest BCUT2D eigenvalue weighted by atomic mass is 35.5. The zero-order valence-electron chi connectivity index (χ0n) is 11.0. The number of benzene rings is 1. The summed E-state index contributed by atoms with van der Waals surface area (Å²) >= 11 is 0. The van der Waals surface area contributed by atoms with Crippen molar-refractivity contribution in [2.75, 3.05) is 0 Å². The number of hydrogen-bond acceptors (Lipinski definition) is 3. The maximum Gasteiger partial charge on any atom is 0.336 e. The molecule has 6 heteroatoms. The number of rotatable bonds is 3. The summed E-state index contributed by atoms with van der Waals surface area (Å²) in [6, 6.07) is 8.63. The number of carboxylic acids is 1. The Morgan fingerprint density at radius 1 is 1.29 bits per heavy atom. The Balaban J connectivity index is 0.00000161. The minimum Gasteiger partial charge on any atom is -0.478 e. The highest BCUT2D eigenvalue weighted by Gasteiger charge is 2.31. The number of hydrogen-bond donors (Lipinski definition) is 1. The van der Waals surface area contributed by atoms with Gasteiger partial charge in [-0.05, 0) is 23.3 Å². The lowest BCUT2D eigenvalue weighted by Crippen LogP contribution is -2.24. The summed E-state index contributed by atoms with van der Waals surface area (Å²) in [6.07, 6.45) is 3.38. The lowest BCUT2D eigenvalue weighted by Gasteiger charge is -2.15. The van der Waals surface area contributed by atoms with Gasteiger partial charge in [0.1, 0.15) is 0 Å². The molecular weight excluding hydrogens is 292 g/mol. The summed E-state index contributed by atoms with van der Waals surface area (Å²) in [5, 5.41) is 9.16. The Morgan fingerprint density at radius 2 is 2.10 bits per heavy atom. The summed E-state index contributed by atoms with van der Waals surface area (Å²) < 4.78 is 0. The first-order valence-corrected chi connectivity index (χ1v) is 6.20. The van der Waals surface area contributed by atoms with E-state index in [1.165, 1.54) is 6.07 Å². The molecule has 2 heterocycles. The summed E-state index contributed by atoms with van der Waals surface area (Å²) in [6.45, 7) is 0.866. The number of amides is 1. The predicted molar refractivity (Wildman–Crippen MR) is 78.5 cm³/mol. The fourth-order valence-electron chi connectivity index (χ4n) is 2.44. The highest BCUT2D eigenvalue weighted by molar-refractivity contribution is 6.07. The number of halogens is 1. The molecule has 0 saturated heterocycles. The smallest absolute Gasteiger partial charge is 0.336 e. The molecule has 1 aromatic heterocycles. The Kier molecular flexibility index (Phi) is 4.23. The molecule has 21 heavy (non-hydrogen) atoms. The highest BCUT2D eigenvalue weighted by Crippen LogP contribution is 2.27. The minimum absolute atomic E-state index is 0. The first kappa shape index (κ1) is 15.0. The van der Waals surface area contributed by atoms with Gasteiger partial charge >= 0.3 is 5.97 Å². The molecule has 0 unspecified atom stereocenters. The van der Waals surface area contributed by atoms with Crippen LogP contribution >= 0.6 is 12.4 Å². The van der Waals surface area contributed by atoms with Crippen molar-refractivity contribution in [3.63, 3.8) is 0 Å². The molecule has 0 radical (unpaired) electrons. The molecule has 1 aliphatic rings. The quantitative estimate of drug-likeness (QED) is 0.945. The van der Waals surface area contributed by atoms with E-state index in [2.05, 4.69) is 4.98 Å². The Hall–Kier alpha value is -2.40. The molecule has 2 aromatic rings. The lowest BCUT2D eigenvalue weighted by molar-refractivity contribution is 0.0681. The Morgan fingerprint density at radius 3 is 2.76 bits per heavy atom. The number of aromatic carboxylic acids is 1. The van der Waals surface area contributed by atoms with Crippen LogP contribution in [0.5, 0.6) is 0 Å². The second-order valence-electron chi connectivity index (χ2n) is 4.67. The van der Waals surface area contributed by atoms with Crippen LogP contribution in [-0.2, 0) is 13.1 Å². The largest absolute Gasteiger partial charge is 0.478 e. The van der Waals surface area contributed by atoms with Gasteiger partial charge in [-0.25, -0.2) is 4.79 Å². The third-order valence-corrected chi connectivity index (χ3v) is 3.34.